The minimum Gasteiger partial charge on any atom is -0.466 e. The van der Waals surface area contributed by atoms with Crippen molar-refractivity contribution in [2.45, 2.75) is 52.0 Å². The van der Waals surface area contributed by atoms with Crippen LogP contribution >= 0.6 is 0 Å². The van der Waals surface area contributed by atoms with Gasteiger partial charge in [-0.3, -0.25) is 14.5 Å². The molecule has 5 nitrogen and oxygen atoms in total. The smallest absolute Gasteiger partial charge is 0.307 e. The molecule has 20 heavy (non-hydrogen) atoms. The molecule has 0 aliphatic heterocycles. The minimum absolute atomic E-state index is 0.0510. The van der Waals surface area contributed by atoms with Crippen LogP contribution in [0.5, 0.6) is 0 Å². The number of esters is 1. The lowest BCUT2D eigenvalue weighted by molar-refractivity contribution is -0.143. The molecule has 1 amide bonds. The number of ether oxygens (including phenoxy) is 1. The highest BCUT2D eigenvalue weighted by atomic mass is 16.5. The summed E-state index contributed by atoms with van der Waals surface area (Å²) in [6.45, 7) is 5.28. The van der Waals surface area contributed by atoms with E-state index in [1.165, 1.54) is 19.3 Å². The fraction of sp³-hybridized carbons (Fsp3) is 0.867. The number of carbonyl (C=O) groups is 2. The van der Waals surface area contributed by atoms with Gasteiger partial charge in [0.2, 0.25) is 5.91 Å². The van der Waals surface area contributed by atoms with Gasteiger partial charge in [-0.1, -0.05) is 19.8 Å². The quantitative estimate of drug-likeness (QED) is 0.721. The van der Waals surface area contributed by atoms with Gasteiger partial charge in [-0.25, -0.2) is 0 Å². The Morgan fingerprint density at radius 1 is 1.30 bits per heavy atom. The molecule has 116 valence electrons. The first-order valence-corrected chi connectivity index (χ1v) is 7.66. The van der Waals surface area contributed by atoms with Crippen molar-refractivity contribution in [3.8, 4) is 0 Å². The number of rotatable bonds is 7. The Balaban J connectivity index is 2.22. The Hall–Kier alpha value is -1.10. The minimum atomic E-state index is -0.208. The average Bonchev–Trinajstić information content (AvgIpc) is 2.39. The molecule has 1 rings (SSSR count). The molecular weight excluding hydrogens is 256 g/mol. The Morgan fingerprint density at radius 3 is 2.65 bits per heavy atom. The number of hydrogen-bond donors (Lipinski definition) is 1. The third kappa shape index (κ3) is 6.37. The molecule has 0 radical (unpaired) electrons. The molecular formula is C15H28N2O3. The van der Waals surface area contributed by atoms with Crippen molar-refractivity contribution in [3.05, 3.63) is 0 Å². The number of amides is 1. The number of hydrogen-bond acceptors (Lipinski definition) is 4. The van der Waals surface area contributed by atoms with Crippen LogP contribution in [-0.4, -0.2) is 49.6 Å². The van der Waals surface area contributed by atoms with Crippen molar-refractivity contribution in [3.63, 3.8) is 0 Å². The van der Waals surface area contributed by atoms with E-state index in [4.69, 9.17) is 4.74 Å². The molecule has 0 aromatic heterocycles. The molecule has 2 unspecified atom stereocenters. The molecule has 0 aromatic rings. The van der Waals surface area contributed by atoms with Crippen molar-refractivity contribution in [1.29, 1.82) is 0 Å². The fourth-order valence-electron chi connectivity index (χ4n) is 2.62. The third-order valence-electron chi connectivity index (χ3n) is 3.87. The van der Waals surface area contributed by atoms with Crippen molar-refractivity contribution >= 4 is 11.9 Å². The summed E-state index contributed by atoms with van der Waals surface area (Å²) in [4.78, 5) is 25.1. The molecule has 0 aromatic carbocycles. The summed E-state index contributed by atoms with van der Waals surface area (Å²) in [5.41, 5.74) is 0. The van der Waals surface area contributed by atoms with Gasteiger partial charge < -0.3 is 10.1 Å². The molecule has 2 atom stereocenters. The number of carbonyl (C=O) groups excluding carboxylic acids is 2. The molecule has 0 bridgehead atoms. The largest absolute Gasteiger partial charge is 0.466 e. The third-order valence-corrected chi connectivity index (χ3v) is 3.87. The van der Waals surface area contributed by atoms with E-state index in [2.05, 4.69) is 12.2 Å². The molecule has 1 aliphatic rings. The Morgan fingerprint density at radius 2 is 2.00 bits per heavy atom. The number of nitrogens with one attached hydrogen (secondary N) is 1. The first-order chi connectivity index (χ1) is 9.52. The lowest BCUT2D eigenvalue weighted by atomic mass is 9.86. The van der Waals surface area contributed by atoms with Crippen LogP contribution in [0.15, 0.2) is 0 Å². The maximum atomic E-state index is 12.0. The average molecular weight is 284 g/mol. The zero-order valence-corrected chi connectivity index (χ0v) is 13.0. The fourth-order valence-corrected chi connectivity index (χ4v) is 2.62. The van der Waals surface area contributed by atoms with Crippen LogP contribution < -0.4 is 5.32 Å². The normalized spacial score (nSPS) is 22.6. The van der Waals surface area contributed by atoms with Crippen LogP contribution in [0.25, 0.3) is 0 Å². The number of nitrogens with zero attached hydrogens (tertiary/aromatic N) is 1. The van der Waals surface area contributed by atoms with Gasteiger partial charge >= 0.3 is 5.97 Å². The van der Waals surface area contributed by atoms with Crippen molar-refractivity contribution in [1.82, 2.24) is 10.2 Å². The highest BCUT2D eigenvalue weighted by Gasteiger charge is 2.23. The van der Waals surface area contributed by atoms with Gasteiger partial charge in [-0.2, -0.15) is 0 Å². The predicted molar refractivity (Wildman–Crippen MR) is 78.3 cm³/mol. The van der Waals surface area contributed by atoms with Crippen LogP contribution in [0, 0.1) is 5.92 Å². The van der Waals surface area contributed by atoms with Crippen LogP contribution in [0.2, 0.25) is 0 Å². The highest BCUT2D eigenvalue weighted by molar-refractivity contribution is 5.78. The van der Waals surface area contributed by atoms with E-state index in [0.29, 0.717) is 38.1 Å². The Labute approximate surface area is 122 Å². The predicted octanol–water partition coefficient (Wildman–Crippen LogP) is 1.57. The summed E-state index contributed by atoms with van der Waals surface area (Å²) in [5.74, 6) is 0.410. The first kappa shape index (κ1) is 17.0. The van der Waals surface area contributed by atoms with E-state index < -0.39 is 0 Å². The van der Waals surface area contributed by atoms with Crippen molar-refractivity contribution < 1.29 is 14.3 Å². The van der Waals surface area contributed by atoms with E-state index >= 15 is 0 Å². The molecule has 1 saturated carbocycles. The molecule has 0 saturated heterocycles. The van der Waals surface area contributed by atoms with Crippen molar-refractivity contribution in [2.75, 3.05) is 26.7 Å². The second kappa shape index (κ2) is 8.95. The summed E-state index contributed by atoms with van der Waals surface area (Å²) in [7, 11) is 1.85. The topological polar surface area (TPSA) is 58.6 Å². The molecule has 0 spiro atoms. The second-order valence-electron chi connectivity index (χ2n) is 5.73. The van der Waals surface area contributed by atoms with Gasteiger partial charge in [0.1, 0.15) is 0 Å². The summed E-state index contributed by atoms with van der Waals surface area (Å²) in [6.07, 6.45) is 5.08. The molecule has 1 N–H and O–H groups in total. The SMILES string of the molecule is CCOC(=O)CCN(C)CC(=O)NC1CCCCC1C. The summed E-state index contributed by atoms with van der Waals surface area (Å²) >= 11 is 0. The van der Waals surface area contributed by atoms with Crippen LogP contribution in [-0.2, 0) is 14.3 Å². The van der Waals surface area contributed by atoms with Crippen LogP contribution in [0.3, 0.4) is 0 Å². The molecule has 1 fully saturated rings. The van der Waals surface area contributed by atoms with Gasteiger partial charge in [0.05, 0.1) is 19.6 Å². The maximum Gasteiger partial charge on any atom is 0.307 e. The summed E-state index contributed by atoms with van der Waals surface area (Å²) in [6, 6.07) is 0.315. The summed E-state index contributed by atoms with van der Waals surface area (Å²) < 4.78 is 4.87. The Bertz CT molecular complexity index is 320. The second-order valence-corrected chi connectivity index (χ2v) is 5.73. The maximum absolute atomic E-state index is 12.0. The van der Waals surface area contributed by atoms with E-state index in [0.717, 1.165) is 6.42 Å². The molecule has 5 heteroatoms. The van der Waals surface area contributed by atoms with Gasteiger partial charge in [-0.05, 0) is 32.7 Å². The van der Waals surface area contributed by atoms with E-state index in [1.807, 2.05) is 11.9 Å². The van der Waals surface area contributed by atoms with Crippen LogP contribution in [0.1, 0.15) is 46.0 Å². The van der Waals surface area contributed by atoms with Gasteiger partial charge in [-0.15, -0.1) is 0 Å². The lowest BCUT2D eigenvalue weighted by Crippen LogP contribution is -2.45. The first-order valence-electron chi connectivity index (χ1n) is 7.66. The van der Waals surface area contributed by atoms with E-state index in [9.17, 15) is 9.59 Å². The van der Waals surface area contributed by atoms with Gasteiger partial charge in [0, 0.05) is 12.6 Å². The molecule has 1 aliphatic carbocycles. The summed E-state index contributed by atoms with van der Waals surface area (Å²) in [5, 5.41) is 3.12. The van der Waals surface area contributed by atoms with Crippen molar-refractivity contribution in [2.24, 2.45) is 5.92 Å². The standard InChI is InChI=1S/C15H28N2O3/c1-4-20-15(19)9-10-17(3)11-14(18)16-13-8-6-5-7-12(13)2/h12-13H,4-11H2,1-3H3,(H,16,18). The van der Waals surface area contributed by atoms with Crippen LogP contribution in [0.4, 0.5) is 0 Å². The van der Waals surface area contributed by atoms with Gasteiger partial charge in [0.25, 0.3) is 0 Å². The zero-order chi connectivity index (χ0) is 15.0. The molecule has 0 heterocycles. The van der Waals surface area contributed by atoms with E-state index in [1.54, 1.807) is 6.92 Å². The lowest BCUT2D eigenvalue weighted by Gasteiger charge is -2.30. The zero-order valence-electron chi connectivity index (χ0n) is 13.0. The van der Waals surface area contributed by atoms with Gasteiger partial charge in [0.15, 0.2) is 0 Å². The monoisotopic (exact) mass is 284 g/mol. The van der Waals surface area contributed by atoms with E-state index in [-0.39, 0.29) is 11.9 Å². The Kier molecular flexibility index (Phi) is 7.59. The highest BCUT2D eigenvalue weighted by Crippen LogP contribution is 2.23. The number of likely N-dealkylation sites (N-methyl/N-ethyl adjacent to an activating group) is 1.